The van der Waals surface area contributed by atoms with Crippen molar-refractivity contribution in [2.75, 3.05) is 19.3 Å². The maximum Gasteiger partial charge on any atom is 0.212 e. The van der Waals surface area contributed by atoms with Crippen LogP contribution in [0.5, 0.6) is 0 Å². The van der Waals surface area contributed by atoms with E-state index in [1.165, 1.54) is 7.05 Å². The average Bonchev–Trinajstić information content (AvgIpc) is 2.59. The van der Waals surface area contributed by atoms with Crippen LogP contribution < -0.4 is 10.0 Å². The largest absolute Gasteiger partial charge is 0.311 e. The van der Waals surface area contributed by atoms with Crippen molar-refractivity contribution >= 4 is 10.0 Å². The van der Waals surface area contributed by atoms with E-state index in [1.807, 2.05) is 6.92 Å². The van der Waals surface area contributed by atoms with Gasteiger partial charge >= 0.3 is 0 Å². The van der Waals surface area contributed by atoms with Crippen LogP contribution >= 0.6 is 0 Å². The fraction of sp³-hybridized carbons (Fsp3) is 0.625. The Morgan fingerprint density at radius 1 is 1.53 bits per heavy atom. The first kappa shape index (κ1) is 12.2. The molecule has 3 N–H and O–H groups in total. The van der Waals surface area contributed by atoms with Gasteiger partial charge in [0.05, 0.1) is 11.9 Å². The Kier molecular flexibility index (Phi) is 4.25. The van der Waals surface area contributed by atoms with Gasteiger partial charge < -0.3 is 5.32 Å². The number of nitrogens with zero attached hydrogens (tertiary/aromatic N) is 1. The summed E-state index contributed by atoms with van der Waals surface area (Å²) in [4.78, 5) is 0. The van der Waals surface area contributed by atoms with Crippen LogP contribution in [0.4, 0.5) is 0 Å². The third-order valence-electron chi connectivity index (χ3n) is 2.11. The van der Waals surface area contributed by atoms with E-state index in [0.717, 1.165) is 11.3 Å². The van der Waals surface area contributed by atoms with Gasteiger partial charge in [0, 0.05) is 24.3 Å². The number of aryl methyl sites for hydroxylation is 1. The summed E-state index contributed by atoms with van der Waals surface area (Å²) in [5.41, 5.74) is 2.05. The van der Waals surface area contributed by atoms with Gasteiger partial charge in [-0.05, 0) is 14.0 Å². The zero-order chi connectivity index (χ0) is 11.3. The van der Waals surface area contributed by atoms with E-state index >= 15 is 0 Å². The molecule has 0 amide bonds. The highest BCUT2D eigenvalue weighted by Gasteiger charge is 2.06. The van der Waals surface area contributed by atoms with Crippen LogP contribution in [0, 0.1) is 6.92 Å². The molecule has 6 nitrogen and oxygen atoms in total. The van der Waals surface area contributed by atoms with Crippen molar-refractivity contribution in [2.24, 2.45) is 0 Å². The van der Waals surface area contributed by atoms with Gasteiger partial charge in [-0.2, -0.15) is 5.10 Å². The molecule has 0 radical (unpaired) electrons. The molecule has 7 heteroatoms. The molecule has 1 aromatic rings. The van der Waals surface area contributed by atoms with Crippen LogP contribution in [-0.2, 0) is 16.6 Å². The summed E-state index contributed by atoms with van der Waals surface area (Å²) in [6.45, 7) is 2.98. The first-order valence-corrected chi connectivity index (χ1v) is 6.31. The molecule has 86 valence electrons. The summed E-state index contributed by atoms with van der Waals surface area (Å²) >= 11 is 0. The molecule has 0 atom stereocenters. The molecule has 0 unspecified atom stereocenters. The van der Waals surface area contributed by atoms with Crippen molar-refractivity contribution in [1.82, 2.24) is 20.2 Å². The molecule has 0 bridgehead atoms. The molecule has 0 saturated heterocycles. The van der Waals surface area contributed by atoms with Gasteiger partial charge in [-0.15, -0.1) is 0 Å². The molecule has 15 heavy (non-hydrogen) atoms. The summed E-state index contributed by atoms with van der Waals surface area (Å²) in [6.07, 6.45) is 1.73. The lowest BCUT2D eigenvalue weighted by Crippen LogP contribution is -2.29. The molecule has 0 aliphatic rings. The normalized spacial score (nSPS) is 11.9. The Morgan fingerprint density at radius 2 is 2.27 bits per heavy atom. The van der Waals surface area contributed by atoms with Gasteiger partial charge in [0.15, 0.2) is 0 Å². The number of nitrogens with one attached hydrogen (secondary N) is 3. The van der Waals surface area contributed by atoms with Crippen molar-refractivity contribution in [2.45, 2.75) is 13.5 Å². The maximum absolute atomic E-state index is 11.1. The number of hydrogen-bond acceptors (Lipinski definition) is 4. The molecular weight excluding hydrogens is 216 g/mol. The molecule has 0 aliphatic carbocycles. The van der Waals surface area contributed by atoms with Crippen LogP contribution in [-0.4, -0.2) is 38.0 Å². The van der Waals surface area contributed by atoms with Crippen LogP contribution in [0.2, 0.25) is 0 Å². The SMILES string of the molecule is CNS(=O)(=O)CCNCc1cn[nH]c1C. The molecule has 0 aliphatic heterocycles. The van der Waals surface area contributed by atoms with Crippen LogP contribution in [0.25, 0.3) is 0 Å². The smallest absolute Gasteiger partial charge is 0.212 e. The predicted molar refractivity (Wildman–Crippen MR) is 57.9 cm³/mol. The van der Waals surface area contributed by atoms with E-state index in [0.29, 0.717) is 13.1 Å². The minimum atomic E-state index is -3.11. The number of hydrogen-bond donors (Lipinski definition) is 3. The summed E-state index contributed by atoms with van der Waals surface area (Å²) in [5, 5.41) is 9.73. The molecule has 1 heterocycles. The lowest BCUT2D eigenvalue weighted by molar-refractivity contribution is 0.583. The van der Waals surface area contributed by atoms with E-state index in [4.69, 9.17) is 0 Å². The van der Waals surface area contributed by atoms with Crippen molar-refractivity contribution in [3.63, 3.8) is 0 Å². The zero-order valence-electron chi connectivity index (χ0n) is 8.87. The third-order valence-corrected chi connectivity index (χ3v) is 3.47. The van der Waals surface area contributed by atoms with E-state index < -0.39 is 10.0 Å². The molecule has 0 fully saturated rings. The summed E-state index contributed by atoms with van der Waals surface area (Å²) < 4.78 is 24.4. The Labute approximate surface area is 89.5 Å². The first-order chi connectivity index (χ1) is 7.05. The quantitative estimate of drug-likeness (QED) is 0.569. The molecule has 0 aromatic carbocycles. The monoisotopic (exact) mass is 232 g/mol. The lowest BCUT2D eigenvalue weighted by atomic mass is 10.3. The van der Waals surface area contributed by atoms with Gasteiger partial charge in [0.2, 0.25) is 10.0 Å². The Morgan fingerprint density at radius 3 is 2.80 bits per heavy atom. The topological polar surface area (TPSA) is 86.9 Å². The second-order valence-electron chi connectivity index (χ2n) is 3.22. The third kappa shape index (κ3) is 3.98. The second-order valence-corrected chi connectivity index (χ2v) is 5.27. The predicted octanol–water partition coefficient (Wildman–Crippen LogP) is -0.643. The fourth-order valence-corrected chi connectivity index (χ4v) is 1.70. The molecule has 0 spiro atoms. The molecule has 1 aromatic heterocycles. The summed E-state index contributed by atoms with van der Waals surface area (Å²) in [6, 6.07) is 0. The maximum atomic E-state index is 11.1. The van der Waals surface area contributed by atoms with Crippen molar-refractivity contribution in [1.29, 1.82) is 0 Å². The minimum Gasteiger partial charge on any atom is -0.311 e. The fourth-order valence-electron chi connectivity index (χ4n) is 1.09. The molecule has 1 rings (SSSR count). The summed E-state index contributed by atoms with van der Waals surface area (Å²) in [7, 11) is -1.69. The van der Waals surface area contributed by atoms with Crippen LogP contribution in [0.3, 0.4) is 0 Å². The van der Waals surface area contributed by atoms with Gasteiger partial charge in [-0.1, -0.05) is 0 Å². The molecular formula is C8H16N4O2S. The Hall–Kier alpha value is -0.920. The molecule has 0 saturated carbocycles. The van der Waals surface area contributed by atoms with E-state index in [-0.39, 0.29) is 5.75 Å². The number of rotatable bonds is 6. The average molecular weight is 232 g/mol. The van der Waals surface area contributed by atoms with Crippen LogP contribution in [0.15, 0.2) is 6.20 Å². The van der Waals surface area contributed by atoms with Gasteiger partial charge in [-0.3, -0.25) is 5.10 Å². The zero-order valence-corrected chi connectivity index (χ0v) is 9.69. The van der Waals surface area contributed by atoms with Crippen LogP contribution in [0.1, 0.15) is 11.3 Å². The number of sulfonamides is 1. The van der Waals surface area contributed by atoms with E-state index in [2.05, 4.69) is 20.2 Å². The van der Waals surface area contributed by atoms with Gasteiger partial charge in [0.25, 0.3) is 0 Å². The second kappa shape index (κ2) is 5.24. The Bertz CT molecular complexity index is 399. The van der Waals surface area contributed by atoms with Crippen molar-refractivity contribution in [3.8, 4) is 0 Å². The van der Waals surface area contributed by atoms with Gasteiger partial charge in [0.1, 0.15) is 0 Å². The highest BCUT2D eigenvalue weighted by Crippen LogP contribution is 2.00. The summed E-state index contributed by atoms with van der Waals surface area (Å²) in [5.74, 6) is 0.0837. The van der Waals surface area contributed by atoms with E-state index in [9.17, 15) is 8.42 Å². The van der Waals surface area contributed by atoms with E-state index in [1.54, 1.807) is 6.20 Å². The standard InChI is InChI=1S/C8H16N4O2S/c1-7-8(6-11-12-7)5-10-3-4-15(13,14)9-2/h6,9-10H,3-5H2,1-2H3,(H,11,12). The Balaban J connectivity index is 2.26. The van der Waals surface area contributed by atoms with Crippen molar-refractivity contribution < 1.29 is 8.42 Å². The first-order valence-electron chi connectivity index (χ1n) is 4.66. The van der Waals surface area contributed by atoms with Gasteiger partial charge in [-0.25, -0.2) is 13.1 Å². The number of H-pyrrole nitrogens is 1. The van der Waals surface area contributed by atoms with Crippen molar-refractivity contribution in [3.05, 3.63) is 17.5 Å². The lowest BCUT2D eigenvalue weighted by Gasteiger charge is -2.04. The number of aromatic amines is 1. The highest BCUT2D eigenvalue weighted by molar-refractivity contribution is 7.89. The minimum absolute atomic E-state index is 0.0837. The number of aromatic nitrogens is 2. The highest BCUT2D eigenvalue weighted by atomic mass is 32.2.